The summed E-state index contributed by atoms with van der Waals surface area (Å²) in [5.41, 5.74) is 1.79. The van der Waals surface area contributed by atoms with Crippen molar-refractivity contribution < 1.29 is 14.6 Å². The molecule has 0 aliphatic heterocycles. The number of aromatic amines is 1. The standard InChI is InChI=1S/C12H14N2O3/c1-2-17-6-5-11-13-9-4-3-8(12(15)16)7-10(9)14-11/h3-4,7H,2,5-6H2,1H3,(H,13,14)(H,15,16). The van der Waals surface area contributed by atoms with Gasteiger partial charge in [-0.3, -0.25) is 0 Å². The van der Waals surface area contributed by atoms with Gasteiger partial charge in [0.05, 0.1) is 23.2 Å². The Morgan fingerprint density at radius 3 is 3.06 bits per heavy atom. The lowest BCUT2D eigenvalue weighted by Crippen LogP contribution is -1.99. The van der Waals surface area contributed by atoms with E-state index in [4.69, 9.17) is 9.84 Å². The smallest absolute Gasteiger partial charge is 0.335 e. The Labute approximate surface area is 98.4 Å². The number of aromatic carboxylic acids is 1. The number of rotatable bonds is 5. The SMILES string of the molecule is CCOCCc1nc2ccc(C(=O)O)cc2[nH]1. The molecule has 90 valence electrons. The molecule has 0 unspecified atom stereocenters. The Morgan fingerprint density at radius 2 is 2.35 bits per heavy atom. The maximum atomic E-state index is 10.8. The van der Waals surface area contributed by atoms with E-state index >= 15 is 0 Å². The third kappa shape index (κ3) is 2.62. The maximum Gasteiger partial charge on any atom is 0.335 e. The van der Waals surface area contributed by atoms with E-state index in [-0.39, 0.29) is 5.56 Å². The predicted octanol–water partition coefficient (Wildman–Crippen LogP) is 1.84. The minimum atomic E-state index is -0.933. The first kappa shape index (κ1) is 11.6. The van der Waals surface area contributed by atoms with Crippen LogP contribution < -0.4 is 0 Å². The van der Waals surface area contributed by atoms with Crippen molar-refractivity contribution in [3.05, 3.63) is 29.6 Å². The van der Waals surface area contributed by atoms with Crippen LogP contribution in [0, 0.1) is 0 Å². The van der Waals surface area contributed by atoms with Crippen LogP contribution in [0.15, 0.2) is 18.2 Å². The lowest BCUT2D eigenvalue weighted by molar-refractivity contribution is 0.0697. The molecular weight excluding hydrogens is 220 g/mol. The molecule has 5 nitrogen and oxygen atoms in total. The number of carboxylic acid groups (broad SMARTS) is 1. The number of fused-ring (bicyclic) bond motifs is 1. The fourth-order valence-electron chi connectivity index (χ4n) is 1.63. The monoisotopic (exact) mass is 234 g/mol. The van der Waals surface area contributed by atoms with Crippen LogP contribution in [-0.2, 0) is 11.2 Å². The molecule has 0 fully saturated rings. The van der Waals surface area contributed by atoms with E-state index in [2.05, 4.69) is 9.97 Å². The average Bonchev–Trinajstić information content (AvgIpc) is 2.70. The minimum absolute atomic E-state index is 0.262. The molecule has 0 amide bonds. The Kier molecular flexibility index (Phi) is 3.39. The van der Waals surface area contributed by atoms with Gasteiger partial charge in [-0.1, -0.05) is 0 Å². The third-order valence-electron chi connectivity index (χ3n) is 2.47. The maximum absolute atomic E-state index is 10.8. The Hall–Kier alpha value is -1.88. The molecule has 0 bridgehead atoms. The highest BCUT2D eigenvalue weighted by Gasteiger charge is 2.07. The van der Waals surface area contributed by atoms with Crippen molar-refractivity contribution in [2.75, 3.05) is 13.2 Å². The van der Waals surface area contributed by atoms with Gasteiger partial charge in [0.2, 0.25) is 0 Å². The molecule has 17 heavy (non-hydrogen) atoms. The largest absolute Gasteiger partial charge is 0.478 e. The number of nitrogens with one attached hydrogen (secondary N) is 1. The van der Waals surface area contributed by atoms with Gasteiger partial charge in [-0.05, 0) is 25.1 Å². The van der Waals surface area contributed by atoms with Crippen LogP contribution in [0.25, 0.3) is 11.0 Å². The van der Waals surface area contributed by atoms with E-state index < -0.39 is 5.97 Å². The molecule has 5 heteroatoms. The van der Waals surface area contributed by atoms with Crippen LogP contribution in [0.1, 0.15) is 23.1 Å². The summed E-state index contributed by atoms with van der Waals surface area (Å²) < 4.78 is 5.24. The predicted molar refractivity (Wildman–Crippen MR) is 63.3 cm³/mol. The first-order chi connectivity index (χ1) is 8.20. The van der Waals surface area contributed by atoms with E-state index in [0.717, 1.165) is 16.9 Å². The number of carbonyl (C=O) groups is 1. The van der Waals surface area contributed by atoms with Gasteiger partial charge < -0.3 is 14.8 Å². The van der Waals surface area contributed by atoms with Crippen LogP contribution in [0.2, 0.25) is 0 Å². The first-order valence-corrected chi connectivity index (χ1v) is 5.50. The third-order valence-corrected chi connectivity index (χ3v) is 2.47. The first-order valence-electron chi connectivity index (χ1n) is 5.50. The van der Waals surface area contributed by atoms with Gasteiger partial charge in [0.1, 0.15) is 5.82 Å². The molecule has 0 aliphatic carbocycles. The molecule has 0 spiro atoms. The number of hydrogen-bond donors (Lipinski definition) is 2. The molecule has 1 aromatic carbocycles. The number of H-pyrrole nitrogens is 1. The van der Waals surface area contributed by atoms with Crippen LogP contribution >= 0.6 is 0 Å². The lowest BCUT2D eigenvalue weighted by Gasteiger charge is -1.96. The number of aromatic nitrogens is 2. The van der Waals surface area contributed by atoms with Crippen molar-refractivity contribution >= 4 is 17.0 Å². The Morgan fingerprint density at radius 1 is 1.53 bits per heavy atom. The quantitative estimate of drug-likeness (QED) is 0.774. The van der Waals surface area contributed by atoms with E-state index in [0.29, 0.717) is 19.6 Å². The van der Waals surface area contributed by atoms with Gasteiger partial charge in [-0.25, -0.2) is 9.78 Å². The summed E-state index contributed by atoms with van der Waals surface area (Å²) in [7, 11) is 0. The summed E-state index contributed by atoms with van der Waals surface area (Å²) in [4.78, 5) is 18.3. The molecule has 0 atom stereocenters. The molecular formula is C12H14N2O3. The van der Waals surface area contributed by atoms with Gasteiger partial charge >= 0.3 is 5.97 Å². The summed E-state index contributed by atoms with van der Waals surface area (Å²) in [6, 6.07) is 4.85. The highest BCUT2D eigenvalue weighted by Crippen LogP contribution is 2.14. The lowest BCUT2D eigenvalue weighted by atomic mass is 10.2. The zero-order valence-corrected chi connectivity index (χ0v) is 9.56. The van der Waals surface area contributed by atoms with Crippen molar-refractivity contribution in [2.45, 2.75) is 13.3 Å². The fourth-order valence-corrected chi connectivity index (χ4v) is 1.63. The second kappa shape index (κ2) is 4.97. The molecule has 2 N–H and O–H groups in total. The molecule has 2 rings (SSSR count). The van der Waals surface area contributed by atoms with Crippen molar-refractivity contribution in [1.29, 1.82) is 0 Å². The molecule has 0 saturated heterocycles. The fraction of sp³-hybridized carbons (Fsp3) is 0.333. The Balaban J connectivity index is 2.21. The highest BCUT2D eigenvalue weighted by molar-refractivity contribution is 5.92. The van der Waals surface area contributed by atoms with Crippen LogP contribution in [0.5, 0.6) is 0 Å². The van der Waals surface area contributed by atoms with Crippen molar-refractivity contribution in [1.82, 2.24) is 9.97 Å². The average molecular weight is 234 g/mol. The van der Waals surface area contributed by atoms with E-state index in [1.807, 2.05) is 6.92 Å². The number of hydrogen-bond acceptors (Lipinski definition) is 3. The topological polar surface area (TPSA) is 75.2 Å². The van der Waals surface area contributed by atoms with Crippen molar-refractivity contribution in [3.63, 3.8) is 0 Å². The summed E-state index contributed by atoms with van der Waals surface area (Å²) in [6.07, 6.45) is 0.699. The van der Waals surface area contributed by atoms with Gasteiger partial charge in [-0.2, -0.15) is 0 Å². The normalized spacial score (nSPS) is 10.9. The molecule has 0 radical (unpaired) electrons. The van der Waals surface area contributed by atoms with Gasteiger partial charge in [-0.15, -0.1) is 0 Å². The zero-order chi connectivity index (χ0) is 12.3. The molecule has 1 aromatic heterocycles. The van der Waals surface area contributed by atoms with E-state index in [1.54, 1.807) is 18.2 Å². The van der Waals surface area contributed by atoms with Gasteiger partial charge in [0.15, 0.2) is 0 Å². The van der Waals surface area contributed by atoms with E-state index in [1.165, 1.54) is 0 Å². The number of benzene rings is 1. The zero-order valence-electron chi connectivity index (χ0n) is 9.56. The summed E-state index contributed by atoms with van der Waals surface area (Å²) in [5, 5.41) is 8.87. The molecule has 0 aliphatic rings. The minimum Gasteiger partial charge on any atom is -0.478 e. The molecule has 1 heterocycles. The van der Waals surface area contributed by atoms with Crippen molar-refractivity contribution in [3.8, 4) is 0 Å². The number of ether oxygens (including phenoxy) is 1. The Bertz CT molecular complexity index is 534. The van der Waals surface area contributed by atoms with Crippen LogP contribution in [0.4, 0.5) is 0 Å². The molecule has 0 saturated carbocycles. The number of carboxylic acids is 1. The van der Waals surface area contributed by atoms with Gasteiger partial charge in [0.25, 0.3) is 0 Å². The second-order valence-electron chi connectivity index (χ2n) is 3.67. The van der Waals surface area contributed by atoms with E-state index in [9.17, 15) is 4.79 Å². The number of nitrogens with zero attached hydrogens (tertiary/aromatic N) is 1. The summed E-state index contributed by atoms with van der Waals surface area (Å²) in [6.45, 7) is 3.24. The summed E-state index contributed by atoms with van der Waals surface area (Å²) >= 11 is 0. The van der Waals surface area contributed by atoms with Crippen LogP contribution in [-0.4, -0.2) is 34.3 Å². The van der Waals surface area contributed by atoms with Crippen LogP contribution in [0.3, 0.4) is 0 Å². The van der Waals surface area contributed by atoms with Crippen molar-refractivity contribution in [2.24, 2.45) is 0 Å². The number of imidazole rings is 1. The highest BCUT2D eigenvalue weighted by atomic mass is 16.5. The molecule has 2 aromatic rings. The van der Waals surface area contributed by atoms with Gasteiger partial charge in [0, 0.05) is 13.0 Å². The second-order valence-corrected chi connectivity index (χ2v) is 3.67. The summed E-state index contributed by atoms with van der Waals surface area (Å²) in [5.74, 6) is -0.117.